The fourth-order valence-corrected chi connectivity index (χ4v) is 4.39. The molecule has 1 aromatic heterocycles. The lowest BCUT2D eigenvalue weighted by molar-refractivity contribution is 0.102. The monoisotopic (exact) mass is 357 g/mol. The van der Waals surface area contributed by atoms with Gasteiger partial charge in [0, 0.05) is 16.4 Å². The van der Waals surface area contributed by atoms with Crippen LogP contribution < -0.4 is 4.72 Å². The maximum absolute atomic E-state index is 12.3. The van der Waals surface area contributed by atoms with Crippen molar-refractivity contribution in [3.8, 4) is 0 Å². The molecule has 0 saturated heterocycles. The number of sulfonamides is 1. The van der Waals surface area contributed by atoms with Crippen LogP contribution in [0.25, 0.3) is 0 Å². The van der Waals surface area contributed by atoms with Gasteiger partial charge in [-0.15, -0.1) is 11.3 Å². The molecule has 0 atom stereocenters. The standard InChI is InChI=1S/C15H16ClNO3S2/c1-10-3-4-12(16)9-15(10)22(19,20)17-8-7-13-5-6-14(21-13)11(2)18/h3-6,9,17H,7-8H2,1-2H3. The summed E-state index contributed by atoms with van der Waals surface area (Å²) in [5.41, 5.74) is 0.645. The first-order chi connectivity index (χ1) is 10.3. The summed E-state index contributed by atoms with van der Waals surface area (Å²) in [5, 5.41) is 0.385. The van der Waals surface area contributed by atoms with Crippen LogP contribution in [0.4, 0.5) is 0 Å². The highest BCUT2D eigenvalue weighted by Crippen LogP contribution is 2.20. The molecule has 0 aliphatic carbocycles. The van der Waals surface area contributed by atoms with Gasteiger partial charge in [0.15, 0.2) is 5.78 Å². The van der Waals surface area contributed by atoms with Crippen molar-refractivity contribution in [3.05, 3.63) is 50.7 Å². The van der Waals surface area contributed by atoms with E-state index in [9.17, 15) is 13.2 Å². The zero-order chi connectivity index (χ0) is 16.3. The number of hydrogen-bond donors (Lipinski definition) is 1. The van der Waals surface area contributed by atoms with Crippen molar-refractivity contribution >= 4 is 38.7 Å². The molecule has 1 heterocycles. The SMILES string of the molecule is CC(=O)c1ccc(CCNS(=O)(=O)c2cc(Cl)ccc2C)s1. The molecule has 4 nitrogen and oxygen atoms in total. The number of rotatable bonds is 6. The number of benzene rings is 1. The third-order valence-corrected chi connectivity index (χ3v) is 6.20. The van der Waals surface area contributed by atoms with Crippen LogP contribution in [0.15, 0.2) is 35.2 Å². The van der Waals surface area contributed by atoms with E-state index in [-0.39, 0.29) is 17.2 Å². The average Bonchev–Trinajstić information content (AvgIpc) is 2.90. The van der Waals surface area contributed by atoms with E-state index in [1.54, 1.807) is 25.1 Å². The van der Waals surface area contributed by atoms with Crippen molar-refractivity contribution in [3.63, 3.8) is 0 Å². The zero-order valence-electron chi connectivity index (χ0n) is 12.2. The van der Waals surface area contributed by atoms with Gasteiger partial charge in [-0.3, -0.25) is 4.79 Å². The molecule has 22 heavy (non-hydrogen) atoms. The molecule has 2 aromatic rings. The van der Waals surface area contributed by atoms with Crippen LogP contribution in [0.3, 0.4) is 0 Å². The number of Topliss-reactive ketones (excluding diaryl/α,β-unsaturated/α-hetero) is 1. The smallest absolute Gasteiger partial charge is 0.240 e. The largest absolute Gasteiger partial charge is 0.294 e. The second-order valence-corrected chi connectivity index (χ2v) is 8.22. The van der Waals surface area contributed by atoms with E-state index in [4.69, 9.17) is 11.6 Å². The lowest BCUT2D eigenvalue weighted by atomic mass is 10.2. The molecule has 0 fully saturated rings. The second kappa shape index (κ2) is 6.91. The maximum atomic E-state index is 12.3. The highest BCUT2D eigenvalue weighted by atomic mass is 35.5. The van der Waals surface area contributed by atoms with Gasteiger partial charge >= 0.3 is 0 Å². The van der Waals surface area contributed by atoms with E-state index >= 15 is 0 Å². The highest BCUT2D eigenvalue weighted by molar-refractivity contribution is 7.89. The van der Waals surface area contributed by atoms with Gasteiger partial charge in [-0.2, -0.15) is 0 Å². The normalized spacial score (nSPS) is 11.6. The number of halogens is 1. The summed E-state index contributed by atoms with van der Waals surface area (Å²) in [5.74, 6) is 0.0198. The van der Waals surface area contributed by atoms with E-state index < -0.39 is 10.0 Å². The summed E-state index contributed by atoms with van der Waals surface area (Å²) in [4.78, 5) is 13.1. The Kier molecular flexibility index (Phi) is 5.39. The van der Waals surface area contributed by atoms with Crippen LogP contribution in [0.2, 0.25) is 5.02 Å². The minimum atomic E-state index is -3.59. The van der Waals surface area contributed by atoms with E-state index in [1.165, 1.54) is 24.3 Å². The Bertz CT molecular complexity index is 797. The quantitative estimate of drug-likeness (QED) is 0.805. The predicted octanol–water partition coefficient (Wildman–Crippen LogP) is 3.43. The van der Waals surface area contributed by atoms with Crippen LogP contribution in [0, 0.1) is 6.92 Å². The Morgan fingerprint density at radius 3 is 2.64 bits per heavy atom. The van der Waals surface area contributed by atoms with Crippen molar-refractivity contribution in [2.24, 2.45) is 0 Å². The molecule has 0 bridgehead atoms. The summed E-state index contributed by atoms with van der Waals surface area (Å²) in [6, 6.07) is 8.39. The van der Waals surface area contributed by atoms with Crippen LogP contribution in [-0.2, 0) is 16.4 Å². The predicted molar refractivity (Wildman–Crippen MR) is 89.4 cm³/mol. The summed E-state index contributed by atoms with van der Waals surface area (Å²) in [6.07, 6.45) is 0.538. The number of thiophene rings is 1. The van der Waals surface area contributed by atoms with Gasteiger partial charge in [0.2, 0.25) is 10.0 Å². The molecule has 1 aromatic carbocycles. The lowest BCUT2D eigenvalue weighted by Gasteiger charge is -2.09. The van der Waals surface area contributed by atoms with Crippen molar-refractivity contribution < 1.29 is 13.2 Å². The first kappa shape index (κ1) is 17.1. The molecule has 1 N–H and O–H groups in total. The molecule has 0 aliphatic heterocycles. The molecule has 0 radical (unpaired) electrons. The first-order valence-electron chi connectivity index (χ1n) is 6.65. The first-order valence-corrected chi connectivity index (χ1v) is 9.33. The third kappa shape index (κ3) is 4.16. The lowest BCUT2D eigenvalue weighted by Crippen LogP contribution is -2.26. The number of aryl methyl sites for hydroxylation is 1. The Balaban J connectivity index is 2.03. The van der Waals surface area contributed by atoms with Crippen LogP contribution in [0.1, 0.15) is 27.0 Å². The zero-order valence-corrected chi connectivity index (χ0v) is 14.6. The Morgan fingerprint density at radius 1 is 1.27 bits per heavy atom. The van der Waals surface area contributed by atoms with Gasteiger partial charge in [-0.1, -0.05) is 17.7 Å². The molecular weight excluding hydrogens is 342 g/mol. The summed E-state index contributed by atoms with van der Waals surface area (Å²) < 4.78 is 27.1. The second-order valence-electron chi connectivity index (χ2n) is 4.88. The van der Waals surface area contributed by atoms with Crippen LogP contribution >= 0.6 is 22.9 Å². The Labute approximate surface area is 139 Å². The van der Waals surface area contributed by atoms with E-state index in [1.807, 2.05) is 6.07 Å². The van der Waals surface area contributed by atoms with Crippen LogP contribution in [-0.4, -0.2) is 20.7 Å². The minimum absolute atomic E-state index is 0.0198. The summed E-state index contributed by atoms with van der Waals surface area (Å²) in [7, 11) is -3.59. The molecule has 0 unspecified atom stereocenters. The highest BCUT2D eigenvalue weighted by Gasteiger charge is 2.17. The van der Waals surface area contributed by atoms with Gasteiger partial charge in [-0.05, 0) is 50.1 Å². The van der Waals surface area contributed by atoms with Gasteiger partial charge in [-0.25, -0.2) is 13.1 Å². The number of nitrogens with one attached hydrogen (secondary N) is 1. The third-order valence-electron chi connectivity index (χ3n) is 3.11. The minimum Gasteiger partial charge on any atom is -0.294 e. The molecule has 0 amide bonds. The van der Waals surface area contributed by atoms with Crippen molar-refractivity contribution in [1.82, 2.24) is 4.72 Å². The van der Waals surface area contributed by atoms with Gasteiger partial charge in [0.1, 0.15) is 0 Å². The van der Waals surface area contributed by atoms with E-state index in [0.717, 1.165) is 4.88 Å². The number of hydrogen-bond acceptors (Lipinski definition) is 4. The summed E-state index contributed by atoms with van der Waals surface area (Å²) >= 11 is 7.25. The topological polar surface area (TPSA) is 63.2 Å². The molecule has 0 aliphatic rings. The molecule has 7 heteroatoms. The molecular formula is C15H16ClNO3S2. The van der Waals surface area contributed by atoms with Crippen molar-refractivity contribution in [2.45, 2.75) is 25.2 Å². The fraction of sp³-hybridized carbons (Fsp3) is 0.267. The number of ketones is 1. The van der Waals surface area contributed by atoms with Crippen molar-refractivity contribution in [1.29, 1.82) is 0 Å². The number of carbonyl (C=O) groups is 1. The van der Waals surface area contributed by atoms with Gasteiger partial charge < -0.3 is 0 Å². The summed E-state index contributed by atoms with van der Waals surface area (Å²) in [6.45, 7) is 3.51. The van der Waals surface area contributed by atoms with E-state index in [0.29, 0.717) is 21.9 Å². The average molecular weight is 358 g/mol. The maximum Gasteiger partial charge on any atom is 0.240 e. The van der Waals surface area contributed by atoms with E-state index in [2.05, 4.69) is 4.72 Å². The number of carbonyl (C=O) groups excluding carboxylic acids is 1. The molecule has 118 valence electrons. The fourth-order valence-electron chi connectivity index (χ4n) is 1.95. The molecule has 2 rings (SSSR count). The van der Waals surface area contributed by atoms with Crippen LogP contribution in [0.5, 0.6) is 0 Å². The van der Waals surface area contributed by atoms with Gasteiger partial charge in [0.05, 0.1) is 9.77 Å². The molecule has 0 spiro atoms. The van der Waals surface area contributed by atoms with Gasteiger partial charge in [0.25, 0.3) is 0 Å². The molecule has 0 saturated carbocycles. The Morgan fingerprint density at radius 2 is 2.00 bits per heavy atom. The van der Waals surface area contributed by atoms with Crippen molar-refractivity contribution in [2.75, 3.05) is 6.54 Å². The Hall–Kier alpha value is -1.21.